The Morgan fingerprint density at radius 1 is 1.11 bits per heavy atom. The van der Waals surface area contributed by atoms with E-state index >= 15 is 0 Å². The van der Waals surface area contributed by atoms with Crippen LogP contribution < -0.4 is 4.72 Å². The van der Waals surface area contributed by atoms with E-state index in [1.165, 1.54) is 11.9 Å². The predicted molar refractivity (Wildman–Crippen MR) is 137 cm³/mol. The average Bonchev–Trinajstić information content (AvgIpc) is 3.34. The SMILES string of the molecule is CCn1cc(CC2(O)CCN(C(=O)c3ccc(NSc4cccc5nccnc45)cc3)CC2)cn1. The molecule has 2 aromatic heterocycles. The van der Waals surface area contributed by atoms with Gasteiger partial charge in [-0.05, 0) is 73.7 Å². The molecule has 0 bridgehead atoms. The van der Waals surface area contributed by atoms with Gasteiger partial charge in [-0.1, -0.05) is 6.07 Å². The van der Waals surface area contributed by atoms with E-state index in [0.29, 0.717) is 37.9 Å². The lowest BCUT2D eigenvalue weighted by Crippen LogP contribution is -2.47. The molecule has 35 heavy (non-hydrogen) atoms. The minimum absolute atomic E-state index is 0.00520. The molecule has 4 aromatic rings. The first-order chi connectivity index (χ1) is 17.0. The number of aromatic nitrogens is 4. The Morgan fingerprint density at radius 2 is 1.89 bits per heavy atom. The summed E-state index contributed by atoms with van der Waals surface area (Å²) in [6, 6.07) is 13.4. The molecule has 0 aliphatic carbocycles. The van der Waals surface area contributed by atoms with E-state index in [4.69, 9.17) is 0 Å². The highest BCUT2D eigenvalue weighted by atomic mass is 32.2. The van der Waals surface area contributed by atoms with Crippen molar-refractivity contribution in [2.75, 3.05) is 17.8 Å². The van der Waals surface area contributed by atoms with Crippen LogP contribution in [0.2, 0.25) is 0 Å². The van der Waals surface area contributed by atoms with Crippen LogP contribution in [0.4, 0.5) is 5.69 Å². The standard InChI is InChI=1S/C26H28N6O2S/c1-2-32-18-19(17-29-32)16-26(34)10-14-31(15-11-26)25(33)20-6-8-21(9-7-20)30-35-23-5-3-4-22-24(23)28-13-12-27-22/h3-9,12-13,17-18,30,34H,2,10-11,14-16H2,1H3. The molecule has 1 aliphatic heterocycles. The minimum Gasteiger partial charge on any atom is -0.389 e. The van der Waals surface area contributed by atoms with Crippen molar-refractivity contribution in [2.24, 2.45) is 0 Å². The number of amides is 1. The van der Waals surface area contributed by atoms with E-state index in [-0.39, 0.29) is 5.91 Å². The number of fused-ring (bicyclic) bond motifs is 1. The van der Waals surface area contributed by atoms with Crippen molar-refractivity contribution in [3.8, 4) is 0 Å². The van der Waals surface area contributed by atoms with E-state index in [9.17, 15) is 9.90 Å². The highest BCUT2D eigenvalue weighted by Gasteiger charge is 2.34. The zero-order valence-electron chi connectivity index (χ0n) is 19.6. The largest absolute Gasteiger partial charge is 0.389 e. The van der Waals surface area contributed by atoms with Crippen LogP contribution in [0.15, 0.2) is 72.1 Å². The van der Waals surface area contributed by atoms with Gasteiger partial charge in [0, 0.05) is 55.9 Å². The molecule has 1 aliphatic rings. The molecule has 1 fully saturated rings. The van der Waals surface area contributed by atoms with Crippen molar-refractivity contribution >= 4 is 34.6 Å². The first kappa shape index (κ1) is 23.3. The number of hydrogen-bond donors (Lipinski definition) is 2. The number of aliphatic hydroxyl groups is 1. The molecular weight excluding hydrogens is 460 g/mol. The van der Waals surface area contributed by atoms with Crippen LogP contribution >= 0.6 is 11.9 Å². The topological polar surface area (TPSA) is 96.2 Å². The van der Waals surface area contributed by atoms with E-state index in [0.717, 1.165) is 33.7 Å². The molecule has 1 amide bonds. The number of aryl methyl sites for hydroxylation is 1. The van der Waals surface area contributed by atoms with Crippen LogP contribution in [-0.2, 0) is 13.0 Å². The van der Waals surface area contributed by atoms with Gasteiger partial charge in [-0.25, -0.2) is 0 Å². The van der Waals surface area contributed by atoms with E-state index in [1.807, 2.05) is 71.4 Å². The number of anilines is 1. The molecule has 2 aromatic carbocycles. The molecule has 0 radical (unpaired) electrons. The van der Waals surface area contributed by atoms with Gasteiger partial charge < -0.3 is 14.7 Å². The molecule has 9 heteroatoms. The third kappa shape index (κ3) is 5.31. The Balaban J connectivity index is 1.16. The molecule has 2 N–H and O–H groups in total. The number of carbonyl (C=O) groups is 1. The maximum absolute atomic E-state index is 13.0. The molecule has 5 rings (SSSR count). The number of rotatable bonds is 7. The van der Waals surface area contributed by atoms with E-state index in [2.05, 4.69) is 19.8 Å². The van der Waals surface area contributed by atoms with Crippen LogP contribution in [0.5, 0.6) is 0 Å². The Labute approximate surface area is 208 Å². The van der Waals surface area contributed by atoms with E-state index < -0.39 is 5.60 Å². The zero-order chi connectivity index (χ0) is 24.3. The summed E-state index contributed by atoms with van der Waals surface area (Å²) in [7, 11) is 0. The van der Waals surface area contributed by atoms with Gasteiger partial charge in [0.15, 0.2) is 0 Å². The van der Waals surface area contributed by atoms with E-state index in [1.54, 1.807) is 12.4 Å². The summed E-state index contributed by atoms with van der Waals surface area (Å²) < 4.78 is 5.19. The zero-order valence-corrected chi connectivity index (χ0v) is 20.4. The van der Waals surface area contributed by atoms with Crippen molar-refractivity contribution in [1.82, 2.24) is 24.6 Å². The summed E-state index contributed by atoms with van der Waals surface area (Å²) in [6.07, 6.45) is 8.85. The highest BCUT2D eigenvalue weighted by Crippen LogP contribution is 2.29. The van der Waals surface area contributed by atoms with Crippen LogP contribution in [0.3, 0.4) is 0 Å². The van der Waals surface area contributed by atoms with Crippen molar-refractivity contribution < 1.29 is 9.90 Å². The first-order valence-electron chi connectivity index (χ1n) is 11.8. The van der Waals surface area contributed by atoms with Gasteiger partial charge in [0.25, 0.3) is 5.91 Å². The third-order valence-electron chi connectivity index (χ3n) is 6.40. The monoisotopic (exact) mass is 488 g/mol. The first-order valence-corrected chi connectivity index (χ1v) is 12.6. The highest BCUT2D eigenvalue weighted by molar-refractivity contribution is 8.00. The van der Waals surface area contributed by atoms with Gasteiger partial charge >= 0.3 is 0 Å². The molecule has 180 valence electrons. The molecule has 0 saturated carbocycles. The quantitative estimate of drug-likeness (QED) is 0.377. The summed E-state index contributed by atoms with van der Waals surface area (Å²) in [5.41, 5.74) is 3.48. The molecule has 8 nitrogen and oxygen atoms in total. The molecule has 3 heterocycles. The summed E-state index contributed by atoms with van der Waals surface area (Å²) in [6.45, 7) is 3.92. The second kappa shape index (κ2) is 10.1. The van der Waals surface area contributed by atoms with Gasteiger partial charge in [-0.3, -0.25) is 19.4 Å². The maximum atomic E-state index is 13.0. The molecule has 0 unspecified atom stereocenters. The Hall–Kier alpha value is -3.43. The molecule has 1 saturated heterocycles. The summed E-state index contributed by atoms with van der Waals surface area (Å²) in [5, 5.41) is 15.3. The molecular formula is C26H28N6O2S. The number of hydrogen-bond acceptors (Lipinski definition) is 7. The predicted octanol–water partition coefficient (Wildman–Crippen LogP) is 4.18. The van der Waals surface area contributed by atoms with Gasteiger partial charge in [0.1, 0.15) is 5.52 Å². The second-order valence-corrected chi connectivity index (χ2v) is 9.71. The summed E-state index contributed by atoms with van der Waals surface area (Å²) in [5.74, 6) is -0.00520. The number of nitrogens with one attached hydrogen (secondary N) is 1. The fraction of sp³-hybridized carbons (Fsp3) is 0.308. The van der Waals surface area contributed by atoms with Crippen molar-refractivity contribution in [3.05, 3.63) is 78.4 Å². The van der Waals surface area contributed by atoms with Crippen LogP contribution in [0.25, 0.3) is 11.0 Å². The fourth-order valence-electron chi connectivity index (χ4n) is 4.38. The third-order valence-corrected chi connectivity index (χ3v) is 7.28. The lowest BCUT2D eigenvalue weighted by Gasteiger charge is -2.38. The smallest absolute Gasteiger partial charge is 0.253 e. The summed E-state index contributed by atoms with van der Waals surface area (Å²) in [4.78, 5) is 24.6. The van der Waals surface area contributed by atoms with Crippen LogP contribution in [-0.4, -0.2) is 54.4 Å². The number of para-hydroxylation sites is 1. The van der Waals surface area contributed by atoms with Crippen molar-refractivity contribution in [2.45, 2.75) is 43.2 Å². The molecule has 0 atom stereocenters. The minimum atomic E-state index is -0.796. The van der Waals surface area contributed by atoms with Gasteiger partial charge in [-0.15, -0.1) is 0 Å². The van der Waals surface area contributed by atoms with Gasteiger partial charge in [0.2, 0.25) is 0 Å². The molecule has 0 spiro atoms. The number of likely N-dealkylation sites (tertiary alicyclic amines) is 1. The van der Waals surface area contributed by atoms with Gasteiger partial charge in [0.05, 0.1) is 22.2 Å². The second-order valence-electron chi connectivity index (χ2n) is 8.86. The Morgan fingerprint density at radius 3 is 2.63 bits per heavy atom. The number of nitrogens with zero attached hydrogens (tertiary/aromatic N) is 5. The Kier molecular flexibility index (Phi) is 6.70. The Bertz CT molecular complexity index is 1310. The van der Waals surface area contributed by atoms with Gasteiger partial charge in [-0.2, -0.15) is 5.10 Å². The van der Waals surface area contributed by atoms with Crippen molar-refractivity contribution in [1.29, 1.82) is 0 Å². The average molecular weight is 489 g/mol. The number of benzene rings is 2. The summed E-state index contributed by atoms with van der Waals surface area (Å²) >= 11 is 1.47. The van der Waals surface area contributed by atoms with Crippen LogP contribution in [0.1, 0.15) is 35.7 Å². The normalized spacial score (nSPS) is 15.3. The number of carbonyl (C=O) groups excluding carboxylic acids is 1. The van der Waals surface area contributed by atoms with Crippen LogP contribution in [0, 0.1) is 0 Å². The number of piperidine rings is 1. The van der Waals surface area contributed by atoms with Crippen molar-refractivity contribution in [3.63, 3.8) is 0 Å². The lowest BCUT2D eigenvalue weighted by molar-refractivity contribution is -0.0162. The lowest BCUT2D eigenvalue weighted by atomic mass is 9.86. The fourth-order valence-corrected chi connectivity index (χ4v) is 5.14. The maximum Gasteiger partial charge on any atom is 0.253 e.